The minimum Gasteiger partial charge on any atom is -0.381 e. The number of rotatable bonds is 6. The monoisotopic (exact) mass is 328 g/mol. The number of halogens is 1. The topological polar surface area (TPSA) is 9.23 Å². The summed E-state index contributed by atoms with van der Waals surface area (Å²) in [6.45, 7) is 5.62. The van der Waals surface area contributed by atoms with Gasteiger partial charge in [-0.15, -0.1) is 12.2 Å². The van der Waals surface area contributed by atoms with Crippen LogP contribution in [0.5, 0.6) is 0 Å². The summed E-state index contributed by atoms with van der Waals surface area (Å²) < 4.78 is 3.85. The van der Waals surface area contributed by atoms with E-state index in [0.29, 0.717) is 0 Å². The van der Waals surface area contributed by atoms with Crippen molar-refractivity contribution in [3.05, 3.63) is 29.3 Å². The predicted molar refractivity (Wildman–Crippen MR) is 89.3 cm³/mol. The van der Waals surface area contributed by atoms with Crippen molar-refractivity contribution < 1.29 is 4.74 Å². The van der Waals surface area contributed by atoms with Crippen molar-refractivity contribution >= 4 is 50.6 Å². The van der Waals surface area contributed by atoms with E-state index in [2.05, 4.69) is 31.0 Å². The Hall–Kier alpha value is 0.820. The molecule has 0 aliphatic rings. The van der Waals surface area contributed by atoms with Crippen molar-refractivity contribution in [2.75, 3.05) is 25.6 Å². The molecule has 0 N–H and O–H groups in total. The van der Waals surface area contributed by atoms with E-state index in [1.807, 2.05) is 19.1 Å². The molecule has 98 valence electrons. The minimum atomic E-state index is -1.58. The van der Waals surface area contributed by atoms with Gasteiger partial charge in [-0.25, -0.2) is 0 Å². The van der Waals surface area contributed by atoms with E-state index in [4.69, 9.17) is 28.1 Å². The van der Waals surface area contributed by atoms with Crippen LogP contribution < -0.4 is 0 Å². The van der Waals surface area contributed by atoms with Gasteiger partial charge >= 0.3 is 0 Å². The third-order valence-electron chi connectivity index (χ3n) is 2.22. The molecule has 0 saturated heterocycles. The number of ether oxygens (including phenoxy) is 1. The van der Waals surface area contributed by atoms with E-state index in [1.54, 1.807) is 0 Å². The van der Waals surface area contributed by atoms with Crippen molar-refractivity contribution in [3.8, 4) is 0 Å². The van der Waals surface area contributed by atoms with Crippen molar-refractivity contribution in [2.45, 2.75) is 11.8 Å². The van der Waals surface area contributed by atoms with E-state index in [1.165, 1.54) is 4.90 Å². The molecule has 1 aromatic carbocycles. The van der Waals surface area contributed by atoms with E-state index >= 15 is 0 Å². The number of hydrogen-bond acceptors (Lipinski definition) is 2. The Balaban J connectivity index is 2.83. The highest BCUT2D eigenvalue weighted by Gasteiger charge is 2.17. The van der Waals surface area contributed by atoms with Crippen LogP contribution in [-0.2, 0) is 16.5 Å². The highest BCUT2D eigenvalue weighted by molar-refractivity contribution is 9.01. The molecule has 1 aromatic rings. The largest absolute Gasteiger partial charge is 0.381 e. The smallest absolute Gasteiger partial charge is 0.0546 e. The van der Waals surface area contributed by atoms with Gasteiger partial charge in [-0.2, -0.15) is 10.5 Å². The highest BCUT2D eigenvalue weighted by atomic mass is 35.5. The van der Waals surface area contributed by atoms with Gasteiger partial charge < -0.3 is 4.74 Å². The van der Waals surface area contributed by atoms with Crippen LogP contribution in [0.2, 0.25) is 5.02 Å². The lowest BCUT2D eigenvalue weighted by molar-refractivity contribution is 0.164. The molecule has 0 heterocycles. The van der Waals surface area contributed by atoms with Crippen LogP contribution in [0.3, 0.4) is 0 Å². The fourth-order valence-corrected chi connectivity index (χ4v) is 9.78. The lowest BCUT2D eigenvalue weighted by Crippen LogP contribution is -2.00. The van der Waals surface area contributed by atoms with Crippen LogP contribution >= 0.6 is 38.8 Å². The molecule has 0 aliphatic carbocycles. The SMILES string of the molecule is CCOCC[SH](c1ccc(Cl)cc1)P(C)(=S)S. The van der Waals surface area contributed by atoms with E-state index < -0.39 is 15.0 Å². The van der Waals surface area contributed by atoms with E-state index in [0.717, 1.165) is 24.0 Å². The van der Waals surface area contributed by atoms with Gasteiger partial charge in [0.2, 0.25) is 0 Å². The third-order valence-corrected chi connectivity index (χ3v) is 12.6. The summed E-state index contributed by atoms with van der Waals surface area (Å²) >= 11 is 16.1. The molecule has 0 aromatic heterocycles. The van der Waals surface area contributed by atoms with Crippen LogP contribution in [-0.4, -0.2) is 25.6 Å². The van der Waals surface area contributed by atoms with E-state index in [9.17, 15) is 0 Å². The normalized spacial score (nSPS) is 17.5. The van der Waals surface area contributed by atoms with Gasteiger partial charge in [0, 0.05) is 21.8 Å². The average molecular weight is 329 g/mol. The molecule has 2 atom stereocenters. The van der Waals surface area contributed by atoms with Crippen LogP contribution in [0.25, 0.3) is 0 Å². The van der Waals surface area contributed by atoms with Gasteiger partial charge in [0.1, 0.15) is 0 Å². The molecule has 0 bridgehead atoms. The maximum absolute atomic E-state index is 5.90. The van der Waals surface area contributed by atoms with Crippen LogP contribution in [0.4, 0.5) is 0 Å². The maximum Gasteiger partial charge on any atom is 0.0546 e. The lowest BCUT2D eigenvalue weighted by Gasteiger charge is -2.28. The molecule has 1 rings (SSSR count). The standard InChI is InChI=1S/C11H18ClOPS3/c1-3-13-8-9-17(14(2,15)16)11-6-4-10(12)5-7-11/h4-7,17H,3,8-9H2,1-2H3,(H,15,16). The first-order chi connectivity index (χ1) is 7.95. The van der Waals surface area contributed by atoms with Crippen LogP contribution in [0.1, 0.15) is 6.92 Å². The summed E-state index contributed by atoms with van der Waals surface area (Å²) in [6, 6.07) is 7.98. The molecular weight excluding hydrogens is 311 g/mol. The zero-order valence-electron chi connectivity index (χ0n) is 9.97. The first-order valence-electron chi connectivity index (χ1n) is 5.36. The third kappa shape index (κ3) is 5.54. The van der Waals surface area contributed by atoms with Crippen molar-refractivity contribution in [1.82, 2.24) is 0 Å². The first kappa shape index (κ1) is 15.9. The second kappa shape index (κ2) is 7.42. The summed E-state index contributed by atoms with van der Waals surface area (Å²) in [4.78, 5) is 1.28. The quantitative estimate of drug-likeness (QED) is 0.448. The van der Waals surface area contributed by atoms with Crippen LogP contribution in [0.15, 0.2) is 29.2 Å². The highest BCUT2D eigenvalue weighted by Crippen LogP contribution is 2.73. The second-order valence-corrected chi connectivity index (χ2v) is 18.5. The summed E-state index contributed by atoms with van der Waals surface area (Å²) in [5.74, 6) is 0.988. The molecule has 0 aliphatic heterocycles. The van der Waals surface area contributed by atoms with Gasteiger partial charge in [-0.1, -0.05) is 23.4 Å². The lowest BCUT2D eigenvalue weighted by atomic mass is 10.4. The fourth-order valence-electron chi connectivity index (χ4n) is 1.44. The first-order valence-corrected chi connectivity index (χ1v) is 12.4. The molecule has 0 fully saturated rings. The van der Waals surface area contributed by atoms with Crippen molar-refractivity contribution in [1.29, 1.82) is 0 Å². The Morgan fingerprint density at radius 2 is 2.00 bits per heavy atom. The Labute approximate surface area is 122 Å². The summed E-state index contributed by atoms with van der Waals surface area (Å²) in [5.41, 5.74) is 0. The second-order valence-electron chi connectivity index (χ2n) is 3.63. The molecule has 0 spiro atoms. The molecule has 0 saturated carbocycles. The molecule has 0 amide bonds. The summed E-state index contributed by atoms with van der Waals surface area (Å²) in [5, 5.41) is 0.761. The molecule has 6 heteroatoms. The van der Waals surface area contributed by atoms with Crippen LogP contribution in [0, 0.1) is 0 Å². The van der Waals surface area contributed by atoms with Gasteiger partial charge in [-0.05, 0) is 42.7 Å². The van der Waals surface area contributed by atoms with Gasteiger partial charge in [-0.3, -0.25) is 0 Å². The zero-order valence-corrected chi connectivity index (χ0v) is 14.2. The fraction of sp³-hybridized carbons (Fsp3) is 0.455. The van der Waals surface area contributed by atoms with Crippen molar-refractivity contribution in [3.63, 3.8) is 0 Å². The summed E-state index contributed by atoms with van der Waals surface area (Å²) in [7, 11) is -0.414. The number of hydrogen-bond donors (Lipinski definition) is 2. The maximum atomic E-state index is 5.90. The van der Waals surface area contributed by atoms with Gasteiger partial charge in [0.25, 0.3) is 0 Å². The average Bonchev–Trinajstić information content (AvgIpc) is 2.25. The molecular formula is C11H18ClOPS3. The number of thiol groups is 2. The minimum absolute atomic E-state index is 0.414. The Morgan fingerprint density at radius 3 is 2.47 bits per heavy atom. The van der Waals surface area contributed by atoms with Crippen molar-refractivity contribution in [2.24, 2.45) is 0 Å². The van der Waals surface area contributed by atoms with Gasteiger partial charge in [0.05, 0.1) is 6.61 Å². The zero-order chi connectivity index (χ0) is 12.9. The Bertz CT molecular complexity index is 390. The predicted octanol–water partition coefficient (Wildman–Crippen LogP) is 4.61. The molecule has 0 radical (unpaired) electrons. The molecule has 2 unspecified atom stereocenters. The molecule has 17 heavy (non-hydrogen) atoms. The van der Waals surface area contributed by atoms with E-state index in [-0.39, 0.29) is 0 Å². The Morgan fingerprint density at radius 1 is 1.41 bits per heavy atom. The molecule has 1 nitrogen and oxygen atoms in total. The number of benzene rings is 1. The Kier molecular flexibility index (Phi) is 6.93. The van der Waals surface area contributed by atoms with Gasteiger partial charge in [0.15, 0.2) is 0 Å². The summed E-state index contributed by atoms with van der Waals surface area (Å²) in [6.07, 6.45) is 0.